The molecule has 3 amide bonds. The lowest BCUT2D eigenvalue weighted by Crippen LogP contribution is -2.47. The van der Waals surface area contributed by atoms with Gasteiger partial charge < -0.3 is 24.4 Å². The standard InChI is InChI=1S/C31H41N5O6/c1-30(2,3)41-28(38)35(7)16-17-36(29(39)42-31(4,5)6)26(22-10-9-11-25(18-22)40-8)27(37)34-24-14-12-21(13-15-24)23-19-32-33-20-23/h9-15,18-20,26H,16-17H2,1-8H3,(H,32,33)(H,34,37)/t26-/m1/s1. The second-order valence-corrected chi connectivity index (χ2v) is 11.8. The van der Waals surface area contributed by atoms with E-state index in [9.17, 15) is 14.4 Å². The zero-order valence-corrected chi connectivity index (χ0v) is 25.6. The average molecular weight is 580 g/mol. The summed E-state index contributed by atoms with van der Waals surface area (Å²) in [5.41, 5.74) is 1.36. The molecule has 0 aliphatic carbocycles. The zero-order valence-electron chi connectivity index (χ0n) is 25.6. The molecule has 0 radical (unpaired) electrons. The Morgan fingerprint density at radius 3 is 2.12 bits per heavy atom. The highest BCUT2D eigenvalue weighted by molar-refractivity contribution is 5.97. The van der Waals surface area contributed by atoms with E-state index in [1.54, 1.807) is 97.4 Å². The SMILES string of the molecule is COc1cccc([C@H](C(=O)Nc2ccc(-c3cn[nH]c3)cc2)N(CCN(C)C(=O)OC(C)(C)C)C(=O)OC(C)(C)C)c1. The van der Waals surface area contributed by atoms with Crippen LogP contribution in [0.25, 0.3) is 11.1 Å². The van der Waals surface area contributed by atoms with Crippen molar-refractivity contribution in [1.82, 2.24) is 20.0 Å². The van der Waals surface area contributed by atoms with Crippen LogP contribution in [0.15, 0.2) is 60.9 Å². The fourth-order valence-electron chi connectivity index (χ4n) is 3.99. The first-order valence-corrected chi connectivity index (χ1v) is 13.6. The summed E-state index contributed by atoms with van der Waals surface area (Å²) in [5, 5.41) is 9.69. The fourth-order valence-corrected chi connectivity index (χ4v) is 3.99. The minimum atomic E-state index is -1.12. The first-order chi connectivity index (χ1) is 19.7. The van der Waals surface area contributed by atoms with Gasteiger partial charge >= 0.3 is 12.2 Å². The van der Waals surface area contributed by atoms with E-state index in [2.05, 4.69) is 15.5 Å². The predicted octanol–water partition coefficient (Wildman–Crippen LogP) is 5.87. The fraction of sp³-hybridized carbons (Fsp3) is 0.419. The molecule has 3 aromatic rings. The van der Waals surface area contributed by atoms with Gasteiger partial charge in [-0.25, -0.2) is 9.59 Å². The summed E-state index contributed by atoms with van der Waals surface area (Å²) in [6.45, 7) is 10.6. The molecule has 0 saturated carbocycles. The molecular weight excluding hydrogens is 538 g/mol. The number of anilines is 1. The van der Waals surface area contributed by atoms with Gasteiger partial charge in [-0.3, -0.25) is 14.8 Å². The predicted molar refractivity (Wildman–Crippen MR) is 160 cm³/mol. The highest BCUT2D eigenvalue weighted by Crippen LogP contribution is 2.29. The molecule has 42 heavy (non-hydrogen) atoms. The lowest BCUT2D eigenvalue weighted by molar-refractivity contribution is -0.121. The largest absolute Gasteiger partial charge is 0.497 e. The number of methoxy groups -OCH3 is 1. The molecule has 1 heterocycles. The molecule has 1 atom stereocenters. The molecule has 0 bridgehead atoms. The molecule has 226 valence electrons. The Labute approximate surface area is 247 Å². The number of H-pyrrole nitrogens is 1. The van der Waals surface area contributed by atoms with Crippen LogP contribution in [-0.2, 0) is 14.3 Å². The molecule has 0 saturated heterocycles. The van der Waals surface area contributed by atoms with Crippen molar-refractivity contribution in [2.24, 2.45) is 0 Å². The Bertz CT molecular complexity index is 1340. The van der Waals surface area contributed by atoms with Crippen LogP contribution in [-0.4, -0.2) is 76.5 Å². The van der Waals surface area contributed by atoms with Crippen LogP contribution in [0.4, 0.5) is 15.3 Å². The second-order valence-electron chi connectivity index (χ2n) is 11.8. The van der Waals surface area contributed by atoms with Gasteiger partial charge in [-0.05, 0) is 76.9 Å². The van der Waals surface area contributed by atoms with Gasteiger partial charge in [0, 0.05) is 37.6 Å². The maximum atomic E-state index is 14.0. The number of nitrogens with zero attached hydrogens (tertiary/aromatic N) is 3. The van der Waals surface area contributed by atoms with E-state index >= 15 is 0 Å². The number of amides is 3. The maximum Gasteiger partial charge on any atom is 0.411 e. The molecule has 2 aromatic carbocycles. The van der Waals surface area contributed by atoms with Crippen LogP contribution in [0.5, 0.6) is 5.75 Å². The van der Waals surface area contributed by atoms with E-state index in [0.29, 0.717) is 17.0 Å². The van der Waals surface area contributed by atoms with Crippen molar-refractivity contribution < 1.29 is 28.6 Å². The normalized spacial score (nSPS) is 12.2. The number of benzene rings is 2. The number of hydrogen-bond donors (Lipinski definition) is 2. The average Bonchev–Trinajstić information content (AvgIpc) is 3.44. The summed E-state index contributed by atoms with van der Waals surface area (Å²) in [7, 11) is 3.10. The summed E-state index contributed by atoms with van der Waals surface area (Å²) in [6.07, 6.45) is 2.23. The summed E-state index contributed by atoms with van der Waals surface area (Å²) in [6, 6.07) is 13.1. The Morgan fingerprint density at radius 2 is 1.55 bits per heavy atom. The summed E-state index contributed by atoms with van der Waals surface area (Å²) < 4.78 is 16.6. The number of likely N-dealkylation sites (N-methyl/N-ethyl adjacent to an activating group) is 1. The molecule has 0 unspecified atom stereocenters. The molecule has 2 N–H and O–H groups in total. The van der Waals surface area contributed by atoms with Crippen LogP contribution in [0.3, 0.4) is 0 Å². The molecule has 0 aliphatic rings. The molecule has 11 heteroatoms. The lowest BCUT2D eigenvalue weighted by atomic mass is 10.0. The minimum Gasteiger partial charge on any atom is -0.497 e. The van der Waals surface area contributed by atoms with Gasteiger partial charge in [0.2, 0.25) is 0 Å². The summed E-state index contributed by atoms with van der Waals surface area (Å²) in [5.74, 6) is 0.0508. The van der Waals surface area contributed by atoms with Crippen molar-refractivity contribution in [3.05, 3.63) is 66.5 Å². The van der Waals surface area contributed by atoms with Crippen LogP contribution < -0.4 is 10.1 Å². The number of carbonyl (C=O) groups excluding carboxylic acids is 3. The third kappa shape index (κ3) is 9.25. The first-order valence-electron chi connectivity index (χ1n) is 13.6. The molecular formula is C31H41N5O6. The number of ether oxygens (including phenoxy) is 3. The lowest BCUT2D eigenvalue weighted by Gasteiger charge is -2.34. The van der Waals surface area contributed by atoms with Gasteiger partial charge in [-0.15, -0.1) is 0 Å². The summed E-state index contributed by atoms with van der Waals surface area (Å²) in [4.78, 5) is 42.9. The molecule has 11 nitrogen and oxygen atoms in total. The highest BCUT2D eigenvalue weighted by atomic mass is 16.6. The van der Waals surface area contributed by atoms with Crippen molar-refractivity contribution in [2.75, 3.05) is 32.6 Å². The Kier molecular flexibility index (Phi) is 10.2. The third-order valence-corrected chi connectivity index (χ3v) is 5.96. The molecule has 0 fully saturated rings. The van der Waals surface area contributed by atoms with Gasteiger partial charge in [0.15, 0.2) is 0 Å². The third-order valence-electron chi connectivity index (χ3n) is 5.96. The van der Waals surface area contributed by atoms with E-state index < -0.39 is 35.3 Å². The van der Waals surface area contributed by atoms with Gasteiger partial charge in [0.25, 0.3) is 5.91 Å². The number of rotatable bonds is 9. The molecule has 1 aromatic heterocycles. The van der Waals surface area contributed by atoms with Gasteiger partial charge in [-0.1, -0.05) is 24.3 Å². The van der Waals surface area contributed by atoms with Gasteiger partial charge in [0.1, 0.15) is 23.0 Å². The number of carbonyl (C=O) groups is 3. The van der Waals surface area contributed by atoms with Crippen LogP contribution >= 0.6 is 0 Å². The van der Waals surface area contributed by atoms with Gasteiger partial charge in [-0.2, -0.15) is 5.10 Å². The Morgan fingerprint density at radius 1 is 0.905 bits per heavy atom. The van der Waals surface area contributed by atoms with Crippen molar-refractivity contribution in [3.63, 3.8) is 0 Å². The van der Waals surface area contributed by atoms with Crippen LogP contribution in [0.1, 0.15) is 53.1 Å². The number of hydrogen-bond acceptors (Lipinski definition) is 7. The number of aromatic amines is 1. The Hall–Kier alpha value is -4.54. The minimum absolute atomic E-state index is 0.0145. The number of nitrogens with one attached hydrogen (secondary N) is 2. The van der Waals surface area contributed by atoms with Crippen molar-refractivity contribution >= 4 is 23.8 Å². The first kappa shape index (κ1) is 32.0. The van der Waals surface area contributed by atoms with Crippen molar-refractivity contribution in [1.29, 1.82) is 0 Å². The van der Waals surface area contributed by atoms with Gasteiger partial charge in [0.05, 0.1) is 13.3 Å². The van der Waals surface area contributed by atoms with Crippen molar-refractivity contribution in [3.8, 4) is 16.9 Å². The zero-order chi connectivity index (χ0) is 31.1. The summed E-state index contributed by atoms with van der Waals surface area (Å²) >= 11 is 0. The van der Waals surface area contributed by atoms with Crippen molar-refractivity contribution in [2.45, 2.75) is 58.8 Å². The molecule has 0 spiro atoms. The van der Waals surface area contributed by atoms with Crippen LogP contribution in [0.2, 0.25) is 0 Å². The maximum absolute atomic E-state index is 14.0. The molecule has 0 aliphatic heterocycles. The smallest absolute Gasteiger partial charge is 0.411 e. The van der Waals surface area contributed by atoms with E-state index in [1.807, 2.05) is 12.1 Å². The number of aromatic nitrogens is 2. The van der Waals surface area contributed by atoms with E-state index in [-0.39, 0.29) is 13.1 Å². The van der Waals surface area contributed by atoms with E-state index in [0.717, 1.165) is 11.1 Å². The second kappa shape index (κ2) is 13.4. The Balaban J connectivity index is 1.96. The molecule has 3 rings (SSSR count). The highest BCUT2D eigenvalue weighted by Gasteiger charge is 2.35. The van der Waals surface area contributed by atoms with Crippen LogP contribution in [0, 0.1) is 0 Å². The van der Waals surface area contributed by atoms with E-state index in [1.165, 1.54) is 16.9 Å². The quantitative estimate of drug-likeness (QED) is 0.325. The van der Waals surface area contributed by atoms with E-state index in [4.69, 9.17) is 14.2 Å². The topological polar surface area (TPSA) is 126 Å². The monoisotopic (exact) mass is 579 g/mol.